The van der Waals surface area contributed by atoms with E-state index in [1.54, 1.807) is 11.0 Å². The molecule has 128 valence electrons. The minimum Gasteiger partial charge on any atom is -0.447 e. The highest BCUT2D eigenvalue weighted by molar-refractivity contribution is 5.83. The van der Waals surface area contributed by atoms with Crippen molar-refractivity contribution in [1.82, 2.24) is 9.88 Å². The molecule has 4 rings (SSSR count). The highest BCUT2D eigenvalue weighted by Gasteiger charge is 2.37. The molecule has 1 aromatic heterocycles. The van der Waals surface area contributed by atoms with Crippen molar-refractivity contribution in [1.29, 1.82) is 0 Å². The summed E-state index contributed by atoms with van der Waals surface area (Å²) in [5.74, 6) is -0.262. The summed E-state index contributed by atoms with van der Waals surface area (Å²) >= 11 is 0. The number of nitrogens with zero attached hydrogens (tertiary/aromatic N) is 1. The smallest absolute Gasteiger partial charge is 0.410 e. The molecule has 1 aliphatic heterocycles. The number of halogens is 1. The lowest BCUT2D eigenvalue weighted by Crippen LogP contribution is -2.37. The van der Waals surface area contributed by atoms with Gasteiger partial charge in [0.2, 0.25) is 0 Å². The van der Waals surface area contributed by atoms with E-state index in [-0.39, 0.29) is 24.0 Å². The van der Waals surface area contributed by atoms with Gasteiger partial charge < -0.3 is 9.72 Å². The van der Waals surface area contributed by atoms with E-state index in [0.717, 1.165) is 22.0 Å². The molecule has 4 nitrogen and oxygen atoms in total. The number of benzene rings is 2. The minimum absolute atomic E-state index is 0.0787. The van der Waals surface area contributed by atoms with Gasteiger partial charge in [0.05, 0.1) is 12.1 Å². The van der Waals surface area contributed by atoms with Crippen molar-refractivity contribution in [3.8, 4) is 0 Å². The van der Waals surface area contributed by atoms with E-state index in [4.69, 9.17) is 4.74 Å². The third-order valence-corrected chi connectivity index (χ3v) is 4.89. The molecule has 1 saturated heterocycles. The lowest BCUT2D eigenvalue weighted by molar-refractivity contribution is 0.147. The molecular weight excluding hydrogens is 319 g/mol. The van der Waals surface area contributed by atoms with E-state index in [1.165, 1.54) is 12.1 Å². The first kappa shape index (κ1) is 15.7. The molecule has 0 bridgehead atoms. The monoisotopic (exact) mass is 338 g/mol. The zero-order chi connectivity index (χ0) is 17.4. The van der Waals surface area contributed by atoms with Crippen LogP contribution in [0.1, 0.15) is 24.1 Å². The minimum atomic E-state index is -0.299. The van der Waals surface area contributed by atoms with Gasteiger partial charge in [-0.05, 0) is 42.7 Å². The topological polar surface area (TPSA) is 45.3 Å². The largest absolute Gasteiger partial charge is 0.447 e. The first-order valence-corrected chi connectivity index (χ1v) is 8.39. The van der Waals surface area contributed by atoms with Gasteiger partial charge in [-0.3, -0.25) is 4.90 Å². The van der Waals surface area contributed by atoms with Gasteiger partial charge in [-0.2, -0.15) is 0 Å². The normalized spacial score (nSPS) is 18.6. The third-order valence-electron chi connectivity index (χ3n) is 4.89. The van der Waals surface area contributed by atoms with E-state index in [1.807, 2.05) is 43.5 Å². The number of ether oxygens (including phenoxy) is 1. The van der Waals surface area contributed by atoms with Gasteiger partial charge in [0, 0.05) is 17.1 Å². The van der Waals surface area contributed by atoms with Crippen molar-refractivity contribution in [3.63, 3.8) is 0 Å². The average molecular weight is 338 g/mol. The molecule has 25 heavy (non-hydrogen) atoms. The van der Waals surface area contributed by atoms with E-state index in [0.29, 0.717) is 13.0 Å². The Kier molecular flexibility index (Phi) is 3.92. The molecular formula is C20H19FN2O2. The second kappa shape index (κ2) is 6.24. The van der Waals surface area contributed by atoms with Crippen LogP contribution in [0.25, 0.3) is 10.9 Å². The van der Waals surface area contributed by atoms with Crippen LogP contribution in [0, 0.1) is 5.82 Å². The zero-order valence-corrected chi connectivity index (χ0v) is 13.9. The van der Waals surface area contributed by atoms with E-state index in [2.05, 4.69) is 4.98 Å². The van der Waals surface area contributed by atoms with E-state index in [9.17, 15) is 9.18 Å². The molecule has 0 radical (unpaired) electrons. The van der Waals surface area contributed by atoms with E-state index >= 15 is 0 Å². The number of hydrogen-bond acceptors (Lipinski definition) is 2. The molecule has 0 unspecified atom stereocenters. The van der Waals surface area contributed by atoms with Gasteiger partial charge >= 0.3 is 6.09 Å². The van der Waals surface area contributed by atoms with Gasteiger partial charge in [-0.1, -0.05) is 30.3 Å². The molecule has 2 heterocycles. The van der Waals surface area contributed by atoms with Crippen LogP contribution in [0.3, 0.4) is 0 Å². The maximum Gasteiger partial charge on any atom is 0.410 e. The average Bonchev–Trinajstić information content (AvgIpc) is 3.19. The van der Waals surface area contributed by atoms with Crippen LogP contribution in [0.5, 0.6) is 0 Å². The first-order valence-electron chi connectivity index (χ1n) is 8.39. The number of rotatable bonds is 4. The molecule has 2 aromatic carbocycles. The zero-order valence-electron chi connectivity index (χ0n) is 13.9. The van der Waals surface area contributed by atoms with Crippen LogP contribution in [0.15, 0.2) is 54.7 Å². The summed E-state index contributed by atoms with van der Waals surface area (Å²) in [5, 5.41) is 0.853. The number of H-pyrrole nitrogens is 1. The fourth-order valence-corrected chi connectivity index (χ4v) is 3.57. The van der Waals surface area contributed by atoms with Crippen LogP contribution in [0.2, 0.25) is 0 Å². The van der Waals surface area contributed by atoms with Crippen molar-refractivity contribution in [2.45, 2.75) is 25.4 Å². The maximum atomic E-state index is 13.6. The summed E-state index contributed by atoms with van der Waals surface area (Å²) in [6, 6.07) is 14.4. The molecule has 1 amide bonds. The fraction of sp³-hybridized carbons (Fsp3) is 0.250. The van der Waals surface area contributed by atoms with Crippen molar-refractivity contribution >= 4 is 17.0 Å². The Labute approximate surface area is 145 Å². The first-order chi connectivity index (χ1) is 12.1. The van der Waals surface area contributed by atoms with Crippen molar-refractivity contribution in [2.75, 3.05) is 6.61 Å². The van der Waals surface area contributed by atoms with Crippen LogP contribution in [-0.2, 0) is 11.2 Å². The summed E-state index contributed by atoms with van der Waals surface area (Å²) in [5.41, 5.74) is 2.95. The predicted octanol–water partition coefficient (Wildman–Crippen LogP) is 4.43. The molecule has 5 heteroatoms. The van der Waals surface area contributed by atoms with Gasteiger partial charge in [0.1, 0.15) is 12.4 Å². The van der Waals surface area contributed by atoms with Crippen LogP contribution in [-0.4, -0.2) is 28.6 Å². The Morgan fingerprint density at radius 3 is 2.88 bits per heavy atom. The molecule has 0 saturated carbocycles. The second-order valence-corrected chi connectivity index (χ2v) is 6.43. The highest BCUT2D eigenvalue weighted by atomic mass is 19.1. The van der Waals surface area contributed by atoms with Crippen LogP contribution < -0.4 is 0 Å². The number of aromatic nitrogens is 1. The summed E-state index contributed by atoms with van der Waals surface area (Å²) < 4.78 is 18.9. The van der Waals surface area contributed by atoms with Gasteiger partial charge in [0.15, 0.2) is 0 Å². The van der Waals surface area contributed by atoms with E-state index < -0.39 is 0 Å². The Balaban J connectivity index is 1.62. The number of carbonyl (C=O) groups is 1. The Morgan fingerprint density at radius 1 is 1.28 bits per heavy atom. The second-order valence-electron chi connectivity index (χ2n) is 6.43. The quantitative estimate of drug-likeness (QED) is 0.765. The molecule has 3 aromatic rings. The summed E-state index contributed by atoms with van der Waals surface area (Å²) in [4.78, 5) is 17.2. The number of fused-ring (bicyclic) bond motifs is 1. The Morgan fingerprint density at radius 2 is 2.08 bits per heavy atom. The number of carbonyl (C=O) groups excluding carboxylic acids is 1. The number of amides is 1. The number of cyclic esters (lactones) is 1. The molecule has 1 N–H and O–H groups in total. The third kappa shape index (κ3) is 2.86. The number of hydrogen-bond donors (Lipinski definition) is 1. The van der Waals surface area contributed by atoms with Gasteiger partial charge in [-0.15, -0.1) is 0 Å². The lowest BCUT2D eigenvalue weighted by Gasteiger charge is -2.28. The fourth-order valence-electron chi connectivity index (χ4n) is 3.57. The summed E-state index contributed by atoms with van der Waals surface area (Å²) in [6.07, 6.45) is 2.21. The van der Waals surface area contributed by atoms with Crippen molar-refractivity contribution in [2.24, 2.45) is 0 Å². The van der Waals surface area contributed by atoms with Crippen molar-refractivity contribution in [3.05, 3.63) is 71.7 Å². The van der Waals surface area contributed by atoms with Crippen LogP contribution >= 0.6 is 0 Å². The standard InChI is InChI=1S/C20H19FN2O2/c1-13(14-5-3-2-4-6-14)23-17(12-25-20(23)24)9-15-11-22-19-8-7-16(21)10-18(15)19/h2-8,10-11,13,17,22H,9,12H2,1H3/t13-,17-/m0/s1. The SMILES string of the molecule is C[C@@H](c1ccccc1)N1C(=O)OC[C@@H]1Cc1c[nH]c2ccc(F)cc12. The predicted molar refractivity (Wildman–Crippen MR) is 93.8 cm³/mol. The summed E-state index contributed by atoms with van der Waals surface area (Å²) in [7, 11) is 0. The number of aromatic amines is 1. The Bertz CT molecular complexity index is 906. The summed E-state index contributed by atoms with van der Waals surface area (Å²) in [6.45, 7) is 2.35. The Hall–Kier alpha value is -2.82. The number of nitrogens with one attached hydrogen (secondary N) is 1. The van der Waals surface area contributed by atoms with Crippen LogP contribution in [0.4, 0.5) is 9.18 Å². The molecule has 2 atom stereocenters. The molecule has 1 fully saturated rings. The maximum absolute atomic E-state index is 13.6. The highest BCUT2D eigenvalue weighted by Crippen LogP contribution is 2.30. The lowest BCUT2D eigenvalue weighted by atomic mass is 10.0. The van der Waals surface area contributed by atoms with Gasteiger partial charge in [-0.25, -0.2) is 9.18 Å². The molecule has 0 aliphatic carbocycles. The molecule has 0 spiro atoms. The van der Waals surface area contributed by atoms with Gasteiger partial charge in [0.25, 0.3) is 0 Å². The van der Waals surface area contributed by atoms with Crippen molar-refractivity contribution < 1.29 is 13.9 Å². The molecule has 1 aliphatic rings.